The van der Waals surface area contributed by atoms with E-state index in [9.17, 15) is 19.5 Å². The number of hydrogen-bond acceptors (Lipinski definition) is 11. The van der Waals surface area contributed by atoms with E-state index in [0.717, 1.165) is 70.6 Å². The van der Waals surface area contributed by atoms with Crippen molar-refractivity contribution in [3.63, 3.8) is 0 Å². The quantitative estimate of drug-likeness (QED) is 0.133. The number of hydrogen-bond donors (Lipinski definition) is 3. The summed E-state index contributed by atoms with van der Waals surface area (Å²) >= 11 is 0. The molecule has 0 radical (unpaired) electrons. The zero-order valence-electron chi connectivity index (χ0n) is 39.3. The van der Waals surface area contributed by atoms with Gasteiger partial charge >= 0.3 is 0 Å². The molecule has 67 heavy (non-hydrogen) atoms. The molecule has 3 aromatic heterocycles. The van der Waals surface area contributed by atoms with E-state index in [1.165, 1.54) is 38.7 Å². The van der Waals surface area contributed by atoms with E-state index in [2.05, 4.69) is 87.4 Å². The number of benzene rings is 2. The van der Waals surface area contributed by atoms with Crippen molar-refractivity contribution in [2.45, 2.75) is 97.7 Å². The largest absolute Gasteiger partial charge is 0.392 e. The Morgan fingerprint density at radius 2 is 1.82 bits per heavy atom. The monoisotopic (exact) mass is 906 g/mol. The van der Waals surface area contributed by atoms with Crippen LogP contribution >= 0.6 is 0 Å². The number of aliphatic hydroxyl groups excluding tert-OH is 1. The van der Waals surface area contributed by atoms with Gasteiger partial charge in [0, 0.05) is 105 Å². The lowest BCUT2D eigenvalue weighted by molar-refractivity contribution is -0.111. The van der Waals surface area contributed by atoms with Crippen LogP contribution in [0.1, 0.15) is 79.0 Å². The molecule has 2 aromatic carbocycles. The fourth-order valence-electron chi connectivity index (χ4n) is 11.4. The number of nitrogens with zero attached hydrogens (tertiary/aromatic N) is 8. The maximum absolute atomic E-state index is 14.1. The van der Waals surface area contributed by atoms with Crippen LogP contribution in [-0.2, 0) is 55.6 Å². The van der Waals surface area contributed by atoms with Crippen LogP contribution in [0.3, 0.4) is 0 Å². The van der Waals surface area contributed by atoms with Crippen LogP contribution in [0.2, 0.25) is 0 Å². The first-order valence-corrected chi connectivity index (χ1v) is 23.8. The van der Waals surface area contributed by atoms with Gasteiger partial charge in [0.1, 0.15) is 11.5 Å². The molecule has 1 aliphatic carbocycles. The van der Waals surface area contributed by atoms with Crippen molar-refractivity contribution >= 4 is 46.2 Å². The molecule has 350 valence electrons. The number of rotatable bonds is 10. The lowest BCUT2D eigenvalue weighted by Gasteiger charge is -2.48. The molecule has 5 aliphatic rings. The molecule has 5 aromatic rings. The van der Waals surface area contributed by atoms with Gasteiger partial charge in [-0.3, -0.25) is 24.2 Å². The maximum Gasteiger partial charge on any atom is 0.293 e. The second-order valence-corrected chi connectivity index (χ2v) is 19.9. The average molecular weight is 907 g/mol. The summed E-state index contributed by atoms with van der Waals surface area (Å²) in [6.45, 7) is 18.5. The number of amides is 2. The number of fused-ring (bicyclic) bond motifs is 4. The Morgan fingerprint density at radius 1 is 0.970 bits per heavy atom. The van der Waals surface area contributed by atoms with Crippen LogP contribution in [0.25, 0.3) is 11.3 Å². The fourth-order valence-corrected chi connectivity index (χ4v) is 11.4. The molecule has 10 rings (SSSR count). The smallest absolute Gasteiger partial charge is 0.293 e. The van der Waals surface area contributed by atoms with Crippen molar-refractivity contribution in [1.29, 1.82) is 0 Å². The van der Waals surface area contributed by atoms with Crippen molar-refractivity contribution < 1.29 is 19.4 Å². The van der Waals surface area contributed by atoms with E-state index in [1.807, 2.05) is 24.3 Å². The molecule has 2 saturated heterocycles. The Labute approximate surface area is 392 Å². The minimum Gasteiger partial charge on any atom is -0.392 e. The zero-order valence-corrected chi connectivity index (χ0v) is 39.3. The number of aliphatic hydroxyl groups is 1. The summed E-state index contributed by atoms with van der Waals surface area (Å²) in [5.41, 5.74) is 10.4. The number of pyridine rings is 1. The van der Waals surface area contributed by atoms with Crippen LogP contribution in [0, 0.1) is 5.41 Å². The number of piperidine rings is 1. The number of nitrogens with one attached hydrogen (secondary N) is 2. The molecule has 0 saturated carbocycles. The van der Waals surface area contributed by atoms with Crippen LogP contribution in [0.15, 0.2) is 78.4 Å². The third-order valence-electron chi connectivity index (χ3n) is 14.7. The van der Waals surface area contributed by atoms with Crippen LogP contribution in [-0.4, -0.2) is 98.4 Å². The molecule has 2 amide bonds. The predicted molar refractivity (Wildman–Crippen MR) is 262 cm³/mol. The predicted octanol–water partition coefficient (Wildman–Crippen LogP) is 6.43. The van der Waals surface area contributed by atoms with Crippen molar-refractivity contribution in [3.8, 4) is 11.3 Å². The van der Waals surface area contributed by atoms with Crippen molar-refractivity contribution in [3.05, 3.63) is 118 Å². The standard InChI is InChI=1S/C52H62N10O5/c1-7-47(64)55-42-25-37(9-11-44(42)60-18-17-58(28-33(60)3)38-13-16-59(32(2)22-38)39-10-8-35-31-67-21-14-34(35)23-39)54-48-51(66)57(6)29-43(56-48)40-12-15-53-49(41(40)30-63)62-20-19-61-45(50(62)65)24-36-26-52(4,5)27-46(36)61/h7-12,15,23-25,29,32-33,38,63H,1,13-14,16-22,26-28,30-31H2,2-6H3,(H,54,56)(H,55,64)/t32-,33+,38?/m1/s1. The Balaban J connectivity index is 0.858. The average Bonchev–Trinajstić information content (AvgIpc) is 3.82. The number of aromatic nitrogens is 4. The first kappa shape index (κ1) is 44.5. The molecule has 4 aliphatic heterocycles. The van der Waals surface area contributed by atoms with Crippen LogP contribution in [0.4, 0.5) is 34.4 Å². The van der Waals surface area contributed by atoms with Crippen molar-refractivity contribution in [2.24, 2.45) is 12.5 Å². The summed E-state index contributed by atoms with van der Waals surface area (Å²) < 4.78 is 9.26. The molecule has 1 unspecified atom stereocenters. The molecule has 2 fully saturated rings. The molecule has 15 heteroatoms. The summed E-state index contributed by atoms with van der Waals surface area (Å²) in [6.07, 6.45) is 9.51. The molecule has 15 nitrogen and oxygen atoms in total. The van der Waals surface area contributed by atoms with Gasteiger partial charge in [-0.05, 0) is 117 Å². The molecule has 3 atom stereocenters. The summed E-state index contributed by atoms with van der Waals surface area (Å²) in [7, 11) is 1.65. The topological polar surface area (TPSA) is 153 Å². The van der Waals surface area contributed by atoms with Gasteiger partial charge in [-0.25, -0.2) is 9.97 Å². The maximum atomic E-state index is 14.1. The number of ether oxygens (including phenoxy) is 1. The number of piperazine rings is 1. The number of carbonyl (C=O) groups excluding carboxylic acids is 2. The summed E-state index contributed by atoms with van der Waals surface area (Å²) in [5.74, 6) is -0.0686. The number of anilines is 6. The normalized spacial score (nSPS) is 21.4. The van der Waals surface area contributed by atoms with Gasteiger partial charge in [-0.1, -0.05) is 26.5 Å². The van der Waals surface area contributed by atoms with E-state index in [4.69, 9.17) is 9.72 Å². The Hall–Kier alpha value is -6.29. The third kappa shape index (κ3) is 8.42. The zero-order chi connectivity index (χ0) is 46.7. The highest BCUT2D eigenvalue weighted by atomic mass is 16.5. The van der Waals surface area contributed by atoms with Crippen molar-refractivity contribution in [1.82, 2.24) is 24.0 Å². The van der Waals surface area contributed by atoms with Gasteiger partial charge in [0.15, 0.2) is 5.82 Å². The Bertz CT molecular complexity index is 2830. The number of carbonyl (C=O) groups is 2. The molecule has 3 N–H and O–H groups in total. The van der Waals surface area contributed by atoms with Crippen LogP contribution in [0.5, 0.6) is 0 Å². The minimum absolute atomic E-state index is 0.0591. The first-order valence-electron chi connectivity index (χ1n) is 23.8. The highest BCUT2D eigenvalue weighted by Gasteiger charge is 2.38. The molecule has 7 heterocycles. The van der Waals surface area contributed by atoms with Gasteiger partial charge in [-0.2, -0.15) is 0 Å². The fraction of sp³-hybridized carbons (Fsp3) is 0.442. The van der Waals surface area contributed by atoms with E-state index in [1.54, 1.807) is 30.4 Å². The van der Waals surface area contributed by atoms with Crippen LogP contribution < -0.4 is 30.9 Å². The lowest BCUT2D eigenvalue weighted by Crippen LogP contribution is -2.58. The Morgan fingerprint density at radius 3 is 2.61 bits per heavy atom. The lowest BCUT2D eigenvalue weighted by atomic mass is 9.90. The van der Waals surface area contributed by atoms with E-state index in [-0.39, 0.29) is 34.6 Å². The summed E-state index contributed by atoms with van der Waals surface area (Å²) in [5, 5.41) is 17.1. The summed E-state index contributed by atoms with van der Waals surface area (Å²) in [6, 6.07) is 17.4. The second-order valence-electron chi connectivity index (χ2n) is 19.9. The molecule has 0 bridgehead atoms. The molecule has 0 spiro atoms. The Kier molecular flexibility index (Phi) is 11.8. The minimum atomic E-state index is -0.396. The number of aryl methyl sites for hydroxylation is 1. The van der Waals surface area contributed by atoms with Gasteiger partial charge in [0.05, 0.1) is 36.9 Å². The van der Waals surface area contributed by atoms with Gasteiger partial charge < -0.3 is 39.4 Å². The first-order chi connectivity index (χ1) is 32.3. The highest BCUT2D eigenvalue weighted by molar-refractivity contribution is 6.06. The van der Waals surface area contributed by atoms with Gasteiger partial charge in [-0.15, -0.1) is 0 Å². The summed E-state index contributed by atoms with van der Waals surface area (Å²) in [4.78, 5) is 59.3. The van der Waals surface area contributed by atoms with E-state index < -0.39 is 6.61 Å². The van der Waals surface area contributed by atoms with Crippen molar-refractivity contribution in [2.75, 3.05) is 64.7 Å². The SMILES string of the molecule is C=CC(=O)Nc1cc(Nc2nc(-c3ccnc(N4CCn5c(cc6c5CC(C)(C)C6)C4=O)c3CO)cn(C)c2=O)ccc1N1CCN(C2CCN(c3ccc4c(c3)CCOC4)[C@H](C)C2)C[C@@H]1C. The van der Waals surface area contributed by atoms with Gasteiger partial charge in [0.2, 0.25) is 5.91 Å². The second kappa shape index (κ2) is 17.7. The van der Waals surface area contributed by atoms with E-state index >= 15 is 0 Å². The van der Waals surface area contributed by atoms with Gasteiger partial charge in [0.25, 0.3) is 11.5 Å². The molecular weight excluding hydrogens is 845 g/mol. The highest BCUT2D eigenvalue weighted by Crippen LogP contribution is 2.41. The molecular formula is C52H62N10O5. The van der Waals surface area contributed by atoms with E-state index in [0.29, 0.717) is 71.5 Å². The third-order valence-corrected chi connectivity index (χ3v) is 14.7.